The summed E-state index contributed by atoms with van der Waals surface area (Å²) in [5, 5.41) is 6.22. The molecule has 1 aliphatic carbocycles. The molecule has 2 aliphatic heterocycles. The molecule has 31 heavy (non-hydrogen) atoms. The molecule has 7 nitrogen and oxygen atoms in total. The van der Waals surface area contributed by atoms with Crippen LogP contribution >= 0.6 is 11.8 Å². The molecular formula is C23H26N4O3S. The van der Waals surface area contributed by atoms with Crippen molar-refractivity contribution in [1.82, 2.24) is 5.32 Å². The fourth-order valence-electron chi connectivity index (χ4n) is 3.70. The molecule has 4 rings (SSSR count). The molecule has 0 aromatic heterocycles. The molecule has 2 unspecified atom stereocenters. The van der Waals surface area contributed by atoms with Crippen molar-refractivity contribution in [1.29, 1.82) is 0 Å². The standard InChI is InChI=1S/C23H26N4O3S/c1-3-25-23(26-12-15-7-8-19-20(9-15)30-13-29-19)22-18(24)11-21(31-22)16-5-4-6-17(10-16)27-14(2)28/h3-6,9-11,18,22H,1,7-8,12-13,24H2,2H3,(H,25,26)(H,27,28). The van der Waals surface area contributed by atoms with Gasteiger partial charge in [-0.05, 0) is 35.8 Å². The number of nitrogens with two attached hydrogens (primary N) is 1. The lowest BCUT2D eigenvalue weighted by atomic mass is 10.0. The van der Waals surface area contributed by atoms with Gasteiger partial charge < -0.3 is 25.8 Å². The first kappa shape index (κ1) is 21.3. The van der Waals surface area contributed by atoms with Gasteiger partial charge in [0, 0.05) is 42.7 Å². The van der Waals surface area contributed by atoms with Gasteiger partial charge in [0.15, 0.2) is 5.76 Å². The number of ether oxygens (including phenoxy) is 2. The van der Waals surface area contributed by atoms with E-state index in [4.69, 9.17) is 15.2 Å². The first-order valence-corrected chi connectivity index (χ1v) is 11.0. The summed E-state index contributed by atoms with van der Waals surface area (Å²) in [6.45, 7) is 6.21. The van der Waals surface area contributed by atoms with Crippen molar-refractivity contribution in [3.63, 3.8) is 0 Å². The molecule has 2 heterocycles. The van der Waals surface area contributed by atoms with Gasteiger partial charge in [-0.15, -0.1) is 11.8 Å². The average molecular weight is 439 g/mol. The van der Waals surface area contributed by atoms with E-state index in [2.05, 4.69) is 22.2 Å². The second kappa shape index (κ2) is 9.45. The van der Waals surface area contributed by atoms with Crippen molar-refractivity contribution < 1.29 is 14.3 Å². The Kier molecular flexibility index (Phi) is 6.48. The van der Waals surface area contributed by atoms with E-state index >= 15 is 0 Å². The zero-order valence-corrected chi connectivity index (χ0v) is 18.2. The van der Waals surface area contributed by atoms with Gasteiger partial charge in [-0.2, -0.15) is 0 Å². The van der Waals surface area contributed by atoms with Gasteiger partial charge in [0.05, 0.1) is 5.25 Å². The number of nitrogens with one attached hydrogen (secondary N) is 2. The summed E-state index contributed by atoms with van der Waals surface area (Å²) in [5.74, 6) is 2.47. The van der Waals surface area contributed by atoms with E-state index in [1.54, 1.807) is 11.8 Å². The molecule has 1 amide bonds. The van der Waals surface area contributed by atoms with Crippen LogP contribution in [-0.2, 0) is 14.3 Å². The Morgan fingerprint density at radius 3 is 3.06 bits per heavy atom. The number of anilines is 1. The van der Waals surface area contributed by atoms with Crippen LogP contribution in [0.25, 0.3) is 4.91 Å². The molecule has 0 fully saturated rings. The van der Waals surface area contributed by atoms with Crippen LogP contribution in [0.4, 0.5) is 5.69 Å². The smallest absolute Gasteiger partial charge is 0.230 e. The number of benzene rings is 1. The molecule has 0 bridgehead atoms. The zero-order chi connectivity index (χ0) is 21.8. The van der Waals surface area contributed by atoms with Crippen LogP contribution in [0.2, 0.25) is 0 Å². The maximum absolute atomic E-state index is 11.4. The molecule has 3 aliphatic rings. The fraction of sp³-hybridized carbons (Fsp3) is 0.304. The quantitative estimate of drug-likeness (QED) is 0.465. The van der Waals surface area contributed by atoms with Crippen LogP contribution in [0.15, 0.2) is 71.3 Å². The van der Waals surface area contributed by atoms with E-state index < -0.39 is 0 Å². The van der Waals surface area contributed by atoms with Gasteiger partial charge in [-0.25, -0.2) is 4.99 Å². The van der Waals surface area contributed by atoms with Gasteiger partial charge in [0.1, 0.15) is 11.6 Å². The van der Waals surface area contributed by atoms with Crippen molar-refractivity contribution in [2.75, 3.05) is 18.7 Å². The molecule has 0 saturated carbocycles. The summed E-state index contributed by atoms with van der Waals surface area (Å²) in [4.78, 5) is 16.9. The van der Waals surface area contributed by atoms with Crippen LogP contribution in [0.1, 0.15) is 25.3 Å². The molecule has 1 aromatic carbocycles. The van der Waals surface area contributed by atoms with Gasteiger partial charge in [-0.1, -0.05) is 24.8 Å². The summed E-state index contributed by atoms with van der Waals surface area (Å²) in [5.41, 5.74) is 9.46. The number of carbonyl (C=O) groups excluding carboxylic acids is 1. The molecular weight excluding hydrogens is 412 g/mol. The summed E-state index contributed by atoms with van der Waals surface area (Å²) in [6.07, 6.45) is 7.39. The Labute approximate surface area is 186 Å². The number of allylic oxidation sites excluding steroid dienone is 2. The Bertz CT molecular complexity index is 1010. The summed E-state index contributed by atoms with van der Waals surface area (Å²) in [6, 6.07) is 7.56. The second-order valence-corrected chi connectivity index (χ2v) is 8.64. The third-order valence-electron chi connectivity index (χ3n) is 5.14. The number of thioether (sulfide) groups is 1. The molecule has 0 saturated heterocycles. The predicted octanol–water partition coefficient (Wildman–Crippen LogP) is 3.50. The van der Waals surface area contributed by atoms with E-state index in [0.717, 1.165) is 46.4 Å². The molecule has 2 atom stereocenters. The van der Waals surface area contributed by atoms with Crippen LogP contribution in [0, 0.1) is 0 Å². The number of carbonyl (C=O) groups is 1. The molecule has 0 radical (unpaired) electrons. The van der Waals surface area contributed by atoms with Crippen molar-refractivity contribution in [2.24, 2.45) is 10.7 Å². The van der Waals surface area contributed by atoms with Crippen molar-refractivity contribution >= 4 is 34.1 Å². The Hall–Kier alpha value is -2.97. The largest absolute Gasteiger partial charge is 0.458 e. The number of aliphatic imine (C=N–C) groups is 1. The van der Waals surface area contributed by atoms with E-state index in [0.29, 0.717) is 13.3 Å². The average Bonchev–Trinajstić information content (AvgIpc) is 3.37. The van der Waals surface area contributed by atoms with Crippen LogP contribution in [0.5, 0.6) is 0 Å². The lowest BCUT2D eigenvalue weighted by Gasteiger charge is -2.21. The summed E-state index contributed by atoms with van der Waals surface area (Å²) >= 11 is 1.66. The van der Waals surface area contributed by atoms with Crippen molar-refractivity contribution in [3.8, 4) is 0 Å². The highest BCUT2D eigenvalue weighted by Gasteiger charge is 2.31. The number of amides is 1. The first-order chi connectivity index (χ1) is 15.0. The highest BCUT2D eigenvalue weighted by molar-refractivity contribution is 8.09. The van der Waals surface area contributed by atoms with Crippen molar-refractivity contribution in [3.05, 3.63) is 71.9 Å². The topological polar surface area (TPSA) is 98.0 Å². The third kappa shape index (κ3) is 5.03. The second-order valence-electron chi connectivity index (χ2n) is 7.46. The summed E-state index contributed by atoms with van der Waals surface area (Å²) < 4.78 is 11.0. The normalized spacial score (nSPS) is 22.7. The summed E-state index contributed by atoms with van der Waals surface area (Å²) in [7, 11) is 0. The van der Waals surface area contributed by atoms with Gasteiger partial charge in [-0.3, -0.25) is 4.79 Å². The van der Waals surface area contributed by atoms with Crippen LogP contribution < -0.4 is 16.4 Å². The molecule has 8 heteroatoms. The number of amidine groups is 1. The number of rotatable bonds is 6. The van der Waals surface area contributed by atoms with E-state index in [1.165, 1.54) is 18.7 Å². The van der Waals surface area contributed by atoms with Crippen molar-refractivity contribution in [2.45, 2.75) is 31.1 Å². The Balaban J connectivity index is 1.44. The maximum Gasteiger partial charge on any atom is 0.230 e. The lowest BCUT2D eigenvalue weighted by molar-refractivity contribution is -0.114. The minimum absolute atomic E-state index is 0.0533. The minimum atomic E-state index is -0.197. The zero-order valence-electron chi connectivity index (χ0n) is 17.4. The molecule has 0 spiro atoms. The Morgan fingerprint density at radius 1 is 1.39 bits per heavy atom. The monoisotopic (exact) mass is 438 g/mol. The number of hydrogen-bond donors (Lipinski definition) is 3. The van der Waals surface area contributed by atoms with E-state index in [-0.39, 0.29) is 17.2 Å². The van der Waals surface area contributed by atoms with Crippen LogP contribution in [-0.4, -0.2) is 36.4 Å². The molecule has 162 valence electrons. The van der Waals surface area contributed by atoms with Gasteiger partial charge >= 0.3 is 0 Å². The Morgan fingerprint density at radius 2 is 2.26 bits per heavy atom. The van der Waals surface area contributed by atoms with Gasteiger partial charge in [0.2, 0.25) is 12.7 Å². The fourth-order valence-corrected chi connectivity index (χ4v) is 4.96. The van der Waals surface area contributed by atoms with E-state index in [1.807, 2.05) is 36.4 Å². The van der Waals surface area contributed by atoms with E-state index in [9.17, 15) is 4.79 Å². The minimum Gasteiger partial charge on any atom is -0.458 e. The first-order valence-electron chi connectivity index (χ1n) is 10.2. The van der Waals surface area contributed by atoms with Gasteiger partial charge in [0.25, 0.3) is 0 Å². The highest BCUT2D eigenvalue weighted by atomic mass is 32.2. The maximum atomic E-state index is 11.4. The molecule has 1 aromatic rings. The van der Waals surface area contributed by atoms with Crippen LogP contribution in [0.3, 0.4) is 0 Å². The number of hydrogen-bond acceptors (Lipinski definition) is 6. The third-order valence-corrected chi connectivity index (χ3v) is 6.56. The SMILES string of the molecule is C=C/N=C(/NCC1=CC2=C(CC1)OCO2)C1SC(c2cccc(NC(C)=O)c2)=CC1N. The highest BCUT2D eigenvalue weighted by Crippen LogP contribution is 2.40. The molecule has 4 N–H and O–H groups in total. The predicted molar refractivity (Wildman–Crippen MR) is 125 cm³/mol. The lowest BCUT2D eigenvalue weighted by Crippen LogP contribution is -2.42. The number of nitrogens with zero attached hydrogens (tertiary/aromatic N) is 1.